The maximum absolute atomic E-state index is 13.7. The smallest absolute Gasteiger partial charge is 0.350 e. The molecule has 0 radical (unpaired) electrons. The molecule has 4 N–H and O–H groups in total. The van der Waals surface area contributed by atoms with Gasteiger partial charge in [0, 0.05) is 36.1 Å². The largest absolute Gasteiger partial charge is 0.508 e. The zero-order valence-electron chi connectivity index (χ0n) is 21.0. The van der Waals surface area contributed by atoms with Crippen LogP contribution in [-0.2, 0) is 23.1 Å². The summed E-state index contributed by atoms with van der Waals surface area (Å²) in [7, 11) is 3.19. The summed E-state index contributed by atoms with van der Waals surface area (Å²) in [4.78, 5) is 25.6. The van der Waals surface area contributed by atoms with Crippen LogP contribution in [-0.4, -0.2) is 48.2 Å². The van der Waals surface area contributed by atoms with E-state index in [1.807, 2.05) is 55.9 Å². The SMILES string of the molecule is COC(=O)C(N)C(C)Cn1nc(-c2cc(C(C)C)c(O)cc2O)n(-c2ccc3c(ccn3C)c2)c1=O. The number of aryl methyl sites for hydroxylation is 1. The molecule has 0 spiro atoms. The van der Waals surface area contributed by atoms with Crippen LogP contribution in [0.25, 0.3) is 28.0 Å². The van der Waals surface area contributed by atoms with Crippen LogP contribution in [0, 0.1) is 5.92 Å². The number of hydrogen-bond donors (Lipinski definition) is 3. The molecule has 2 aromatic heterocycles. The third-order valence-corrected chi connectivity index (χ3v) is 6.52. The molecule has 0 amide bonds. The zero-order chi connectivity index (χ0) is 26.3. The number of hydrogen-bond acceptors (Lipinski definition) is 7. The van der Waals surface area contributed by atoms with Gasteiger partial charge in [0.05, 0.1) is 24.9 Å². The second kappa shape index (κ2) is 9.54. The lowest BCUT2D eigenvalue weighted by Crippen LogP contribution is -2.41. The average molecular weight is 494 g/mol. The Bertz CT molecular complexity index is 1500. The van der Waals surface area contributed by atoms with Crippen molar-refractivity contribution in [2.24, 2.45) is 18.7 Å². The van der Waals surface area contributed by atoms with Gasteiger partial charge < -0.3 is 25.3 Å². The third kappa shape index (κ3) is 4.35. The van der Waals surface area contributed by atoms with Gasteiger partial charge in [-0.05, 0) is 41.8 Å². The lowest BCUT2D eigenvalue weighted by Gasteiger charge is -2.16. The highest BCUT2D eigenvalue weighted by Crippen LogP contribution is 2.37. The summed E-state index contributed by atoms with van der Waals surface area (Å²) < 4.78 is 9.36. The Morgan fingerprint density at radius 2 is 1.83 bits per heavy atom. The number of aromatic hydroxyl groups is 2. The van der Waals surface area contributed by atoms with E-state index in [1.165, 1.54) is 22.4 Å². The van der Waals surface area contributed by atoms with Gasteiger partial charge in [-0.15, -0.1) is 5.10 Å². The van der Waals surface area contributed by atoms with Crippen LogP contribution in [0.5, 0.6) is 11.5 Å². The Labute approximate surface area is 208 Å². The number of rotatable bonds is 7. The second-order valence-electron chi connectivity index (χ2n) is 9.40. The van der Waals surface area contributed by atoms with Crippen molar-refractivity contribution in [3.8, 4) is 28.6 Å². The predicted octanol–water partition coefficient (Wildman–Crippen LogP) is 2.86. The molecule has 4 aromatic rings. The van der Waals surface area contributed by atoms with E-state index in [9.17, 15) is 19.8 Å². The van der Waals surface area contributed by atoms with Gasteiger partial charge in [0.1, 0.15) is 17.5 Å². The summed E-state index contributed by atoms with van der Waals surface area (Å²) in [5.74, 6) is -1.12. The van der Waals surface area contributed by atoms with E-state index < -0.39 is 23.6 Å². The van der Waals surface area contributed by atoms with E-state index in [2.05, 4.69) is 5.10 Å². The van der Waals surface area contributed by atoms with Crippen molar-refractivity contribution in [1.82, 2.24) is 18.9 Å². The van der Waals surface area contributed by atoms with E-state index in [0.29, 0.717) is 16.8 Å². The number of nitrogens with two attached hydrogens (primary N) is 1. The molecule has 0 fully saturated rings. The summed E-state index contributed by atoms with van der Waals surface area (Å²) in [6.45, 7) is 5.62. The molecule has 0 aliphatic rings. The average Bonchev–Trinajstić information content (AvgIpc) is 3.36. The zero-order valence-corrected chi connectivity index (χ0v) is 21.0. The minimum atomic E-state index is -0.939. The third-order valence-electron chi connectivity index (χ3n) is 6.52. The molecule has 36 heavy (non-hydrogen) atoms. The number of benzene rings is 2. The number of ether oxygens (including phenoxy) is 1. The number of carbonyl (C=O) groups is 1. The van der Waals surface area contributed by atoms with Crippen molar-refractivity contribution < 1.29 is 19.7 Å². The van der Waals surface area contributed by atoms with Gasteiger partial charge in [-0.1, -0.05) is 20.8 Å². The Morgan fingerprint density at radius 1 is 1.11 bits per heavy atom. The first kappa shape index (κ1) is 25.1. The van der Waals surface area contributed by atoms with E-state index in [-0.39, 0.29) is 29.8 Å². The maximum Gasteiger partial charge on any atom is 0.350 e. The minimum absolute atomic E-state index is 0.0367. The second-order valence-corrected chi connectivity index (χ2v) is 9.40. The fraction of sp³-hybridized carbons (Fsp3) is 0.346. The highest BCUT2D eigenvalue weighted by molar-refractivity contribution is 5.83. The standard InChI is InChI=1S/C26H31N5O5/c1-14(2)18-11-19(22(33)12-21(18)32)24-28-30(13-15(3)23(27)25(34)36-5)26(35)31(24)17-6-7-20-16(10-17)8-9-29(20)4/h6-12,14-15,23,32-33H,13,27H2,1-5H3. The molecule has 2 aromatic carbocycles. The van der Waals surface area contributed by atoms with Gasteiger partial charge in [-0.3, -0.25) is 4.79 Å². The van der Waals surface area contributed by atoms with E-state index in [4.69, 9.17) is 10.5 Å². The predicted molar refractivity (Wildman–Crippen MR) is 136 cm³/mol. The fourth-order valence-electron chi connectivity index (χ4n) is 4.33. The number of fused-ring (bicyclic) bond motifs is 1. The van der Waals surface area contributed by atoms with Crippen molar-refractivity contribution in [3.63, 3.8) is 0 Å². The summed E-state index contributed by atoms with van der Waals surface area (Å²) in [6, 6.07) is 9.49. The molecule has 4 rings (SSSR count). The normalized spacial score (nSPS) is 13.3. The Balaban J connectivity index is 1.92. The van der Waals surface area contributed by atoms with Crippen molar-refractivity contribution in [2.75, 3.05) is 7.11 Å². The molecular weight excluding hydrogens is 462 g/mol. The Morgan fingerprint density at radius 3 is 2.50 bits per heavy atom. The van der Waals surface area contributed by atoms with Crippen LogP contribution in [0.2, 0.25) is 0 Å². The minimum Gasteiger partial charge on any atom is -0.508 e. The van der Waals surface area contributed by atoms with Gasteiger partial charge in [0.15, 0.2) is 5.82 Å². The number of esters is 1. The molecule has 10 heteroatoms. The van der Waals surface area contributed by atoms with Crippen LogP contribution in [0.3, 0.4) is 0 Å². The lowest BCUT2D eigenvalue weighted by molar-refractivity contribution is -0.143. The molecule has 0 saturated carbocycles. The molecule has 190 valence electrons. The van der Waals surface area contributed by atoms with Gasteiger partial charge in [-0.25, -0.2) is 14.0 Å². The summed E-state index contributed by atoms with van der Waals surface area (Å²) in [6.07, 6.45) is 1.93. The summed E-state index contributed by atoms with van der Waals surface area (Å²) in [5.41, 5.74) is 8.00. The van der Waals surface area contributed by atoms with Gasteiger partial charge in [0.25, 0.3) is 0 Å². The number of nitrogens with zero attached hydrogens (tertiary/aromatic N) is 4. The van der Waals surface area contributed by atoms with Gasteiger partial charge in [-0.2, -0.15) is 0 Å². The van der Waals surface area contributed by atoms with E-state index >= 15 is 0 Å². The molecule has 0 saturated heterocycles. The lowest BCUT2D eigenvalue weighted by atomic mass is 9.98. The summed E-state index contributed by atoms with van der Waals surface area (Å²) in [5, 5.41) is 26.6. The first-order valence-corrected chi connectivity index (χ1v) is 11.7. The highest BCUT2D eigenvalue weighted by atomic mass is 16.5. The van der Waals surface area contributed by atoms with Crippen molar-refractivity contribution in [2.45, 2.75) is 39.3 Å². The number of phenolic OH excluding ortho intramolecular Hbond substituents is 2. The van der Waals surface area contributed by atoms with Crippen molar-refractivity contribution >= 4 is 16.9 Å². The van der Waals surface area contributed by atoms with E-state index in [0.717, 1.165) is 10.9 Å². The van der Waals surface area contributed by atoms with Crippen LogP contribution < -0.4 is 11.4 Å². The topological polar surface area (TPSA) is 138 Å². The maximum atomic E-state index is 13.7. The first-order valence-electron chi connectivity index (χ1n) is 11.7. The number of aromatic nitrogens is 4. The van der Waals surface area contributed by atoms with Gasteiger partial charge in [0.2, 0.25) is 0 Å². The molecule has 0 aliphatic carbocycles. The fourth-order valence-corrected chi connectivity index (χ4v) is 4.33. The highest BCUT2D eigenvalue weighted by Gasteiger charge is 2.26. The molecule has 2 atom stereocenters. The Kier molecular flexibility index (Phi) is 6.64. The monoisotopic (exact) mass is 493 g/mol. The number of carbonyl (C=O) groups excluding carboxylic acids is 1. The molecular formula is C26H31N5O5. The first-order chi connectivity index (χ1) is 17.0. The number of phenols is 2. The van der Waals surface area contributed by atoms with Crippen LogP contribution in [0.15, 0.2) is 47.4 Å². The van der Waals surface area contributed by atoms with Gasteiger partial charge >= 0.3 is 11.7 Å². The van der Waals surface area contributed by atoms with Crippen LogP contribution in [0.1, 0.15) is 32.3 Å². The van der Waals surface area contributed by atoms with Crippen molar-refractivity contribution in [3.05, 3.63) is 58.6 Å². The Hall–Kier alpha value is -4.05. The van der Waals surface area contributed by atoms with Crippen LogP contribution >= 0.6 is 0 Å². The van der Waals surface area contributed by atoms with E-state index in [1.54, 1.807) is 13.0 Å². The molecule has 2 unspecified atom stereocenters. The molecule has 0 aliphatic heterocycles. The van der Waals surface area contributed by atoms with Crippen molar-refractivity contribution in [1.29, 1.82) is 0 Å². The summed E-state index contributed by atoms with van der Waals surface area (Å²) >= 11 is 0. The number of methoxy groups -OCH3 is 1. The quantitative estimate of drug-likeness (QED) is 0.337. The molecule has 2 heterocycles. The molecule has 10 nitrogen and oxygen atoms in total. The molecule has 0 bridgehead atoms. The van der Waals surface area contributed by atoms with Crippen LogP contribution in [0.4, 0.5) is 0 Å².